The second-order valence-electron chi connectivity index (χ2n) is 7.06. The number of benzene rings is 1. The molecule has 2 aliphatic heterocycles. The number of hydrogen-bond acceptors (Lipinski definition) is 5. The molecule has 4 rings (SSSR count). The molecule has 27 heavy (non-hydrogen) atoms. The van der Waals surface area contributed by atoms with Crippen LogP contribution in [0.15, 0.2) is 48.7 Å². The van der Waals surface area contributed by atoms with Gasteiger partial charge in [0.15, 0.2) is 0 Å². The summed E-state index contributed by atoms with van der Waals surface area (Å²) in [5.74, 6) is 4.73. The number of carbonyl (C=O) groups excluding carboxylic acids is 2. The van der Waals surface area contributed by atoms with Crippen LogP contribution in [0.2, 0.25) is 0 Å². The summed E-state index contributed by atoms with van der Waals surface area (Å²) in [6, 6.07) is 12.8. The van der Waals surface area contributed by atoms with E-state index >= 15 is 0 Å². The quantitative estimate of drug-likeness (QED) is 0.480. The Kier molecular flexibility index (Phi) is 4.51. The summed E-state index contributed by atoms with van der Waals surface area (Å²) < 4.78 is 5.29. The number of anilines is 1. The van der Waals surface area contributed by atoms with Crippen molar-refractivity contribution in [2.75, 3.05) is 31.2 Å². The number of hydrogen-bond donors (Lipinski definition) is 2. The minimum atomic E-state index is -0.404. The van der Waals surface area contributed by atoms with E-state index in [4.69, 9.17) is 10.6 Å². The summed E-state index contributed by atoms with van der Waals surface area (Å²) in [4.78, 5) is 32.5. The van der Waals surface area contributed by atoms with Crippen LogP contribution < -0.4 is 16.2 Å². The summed E-state index contributed by atoms with van der Waals surface area (Å²) in [7, 11) is 0. The fraction of sp³-hybridized carbons (Fsp3) is 0.316. The van der Waals surface area contributed by atoms with Crippen LogP contribution in [0.1, 0.15) is 16.1 Å². The van der Waals surface area contributed by atoms with Crippen molar-refractivity contribution >= 4 is 17.6 Å². The van der Waals surface area contributed by atoms with Crippen molar-refractivity contribution in [2.24, 2.45) is 11.3 Å². The molecule has 8 heteroatoms. The van der Waals surface area contributed by atoms with Crippen molar-refractivity contribution < 1.29 is 14.3 Å². The first-order chi connectivity index (χ1) is 13.1. The summed E-state index contributed by atoms with van der Waals surface area (Å²) in [5.41, 5.74) is 4.09. The van der Waals surface area contributed by atoms with Crippen molar-refractivity contribution in [3.8, 4) is 0 Å². The lowest BCUT2D eigenvalue weighted by Gasteiger charge is -2.55. The molecule has 3 heterocycles. The Labute approximate surface area is 156 Å². The number of hydrazine groups is 1. The molecule has 1 aromatic heterocycles. The number of pyridine rings is 1. The van der Waals surface area contributed by atoms with E-state index < -0.39 is 5.91 Å². The van der Waals surface area contributed by atoms with Gasteiger partial charge in [0, 0.05) is 25.0 Å². The zero-order valence-corrected chi connectivity index (χ0v) is 14.8. The van der Waals surface area contributed by atoms with Crippen molar-refractivity contribution in [2.45, 2.75) is 6.54 Å². The molecule has 0 unspecified atom stereocenters. The Morgan fingerprint density at radius 1 is 1.19 bits per heavy atom. The zero-order valence-electron chi connectivity index (χ0n) is 14.8. The van der Waals surface area contributed by atoms with Crippen molar-refractivity contribution in [1.82, 2.24) is 15.3 Å². The lowest BCUT2D eigenvalue weighted by Crippen LogP contribution is -2.68. The Balaban J connectivity index is 1.52. The number of likely N-dealkylation sites (tertiary alicyclic amines) is 1. The van der Waals surface area contributed by atoms with Crippen LogP contribution in [-0.2, 0) is 11.3 Å². The van der Waals surface area contributed by atoms with Gasteiger partial charge in [-0.1, -0.05) is 18.2 Å². The van der Waals surface area contributed by atoms with Crippen LogP contribution in [-0.4, -0.2) is 48.1 Å². The fourth-order valence-electron chi connectivity index (χ4n) is 3.42. The number of nitrogens with zero attached hydrogens (tertiary/aromatic N) is 3. The highest BCUT2D eigenvalue weighted by atomic mass is 16.5. The molecule has 140 valence electrons. The van der Waals surface area contributed by atoms with Gasteiger partial charge in [-0.2, -0.15) is 0 Å². The average molecular weight is 367 g/mol. The summed E-state index contributed by atoms with van der Waals surface area (Å²) >= 11 is 0. The van der Waals surface area contributed by atoms with Gasteiger partial charge < -0.3 is 9.64 Å². The molecule has 1 aromatic carbocycles. The molecule has 2 aromatic rings. The predicted octanol–water partition coefficient (Wildman–Crippen LogP) is 1.14. The molecular formula is C19H21N5O3. The van der Waals surface area contributed by atoms with E-state index in [9.17, 15) is 9.59 Å². The molecule has 0 atom stereocenters. The smallest absolute Gasteiger partial charge is 0.324 e. The average Bonchev–Trinajstić information content (AvgIpc) is 2.64. The third-order valence-electron chi connectivity index (χ3n) is 4.98. The number of aromatic nitrogens is 1. The van der Waals surface area contributed by atoms with Gasteiger partial charge in [0.25, 0.3) is 5.91 Å². The van der Waals surface area contributed by atoms with E-state index in [1.807, 2.05) is 35.2 Å². The first kappa shape index (κ1) is 17.4. The number of urea groups is 1. The minimum Gasteiger partial charge on any atom is -0.380 e. The van der Waals surface area contributed by atoms with Crippen molar-refractivity contribution in [1.29, 1.82) is 0 Å². The Bertz CT molecular complexity index is 828. The zero-order chi connectivity index (χ0) is 18.9. The topological polar surface area (TPSA) is 101 Å². The van der Waals surface area contributed by atoms with Gasteiger partial charge in [-0.25, -0.2) is 10.6 Å². The standard InChI is InChI=1S/C19H21N5O3/c20-22-17(25)14-6-7-15(21-8-14)9-24(16-4-2-1-3-5-16)18(26)23-10-19(11-23)12-27-13-19/h1-8H,9-13,20H2,(H,22,25). The molecule has 0 saturated carbocycles. The lowest BCUT2D eigenvalue weighted by molar-refractivity contribution is -0.174. The van der Waals surface area contributed by atoms with Gasteiger partial charge in [0.1, 0.15) is 0 Å². The van der Waals surface area contributed by atoms with E-state index in [0.717, 1.165) is 32.0 Å². The van der Waals surface area contributed by atoms with Crippen LogP contribution in [0.4, 0.5) is 10.5 Å². The molecule has 2 aliphatic rings. The van der Waals surface area contributed by atoms with E-state index in [2.05, 4.69) is 10.4 Å². The second-order valence-corrected chi connectivity index (χ2v) is 7.06. The number of nitrogens with one attached hydrogen (secondary N) is 1. The Morgan fingerprint density at radius 3 is 2.48 bits per heavy atom. The monoisotopic (exact) mass is 367 g/mol. The highest BCUT2D eigenvalue weighted by Crippen LogP contribution is 2.38. The highest BCUT2D eigenvalue weighted by molar-refractivity contribution is 5.94. The van der Waals surface area contributed by atoms with Gasteiger partial charge in [0.05, 0.1) is 36.4 Å². The SMILES string of the molecule is NNC(=O)c1ccc(CN(C(=O)N2CC3(COC3)C2)c2ccccc2)nc1. The van der Waals surface area contributed by atoms with Gasteiger partial charge in [-0.15, -0.1) is 0 Å². The third kappa shape index (κ3) is 3.36. The third-order valence-corrected chi connectivity index (χ3v) is 4.98. The molecule has 8 nitrogen and oxygen atoms in total. The summed E-state index contributed by atoms with van der Waals surface area (Å²) in [5, 5.41) is 0. The molecule has 0 aliphatic carbocycles. The Hall–Kier alpha value is -2.97. The first-order valence-corrected chi connectivity index (χ1v) is 8.75. The maximum absolute atomic E-state index is 13.1. The number of carbonyl (C=O) groups is 2. The lowest BCUT2D eigenvalue weighted by atomic mass is 9.78. The van der Waals surface area contributed by atoms with Gasteiger partial charge in [-0.05, 0) is 24.3 Å². The number of nitrogens with two attached hydrogens (primary N) is 1. The number of nitrogen functional groups attached to an aromatic ring is 1. The molecule has 2 saturated heterocycles. The Morgan fingerprint density at radius 2 is 1.93 bits per heavy atom. The molecule has 0 radical (unpaired) electrons. The molecule has 0 bridgehead atoms. The number of rotatable bonds is 4. The minimum absolute atomic E-state index is 0.0516. The largest absolute Gasteiger partial charge is 0.380 e. The molecule has 2 fully saturated rings. The summed E-state index contributed by atoms with van der Waals surface area (Å²) in [6.07, 6.45) is 1.45. The van der Waals surface area contributed by atoms with Crippen LogP contribution >= 0.6 is 0 Å². The number of ether oxygens (including phenoxy) is 1. The van der Waals surface area contributed by atoms with Crippen LogP contribution in [0, 0.1) is 5.41 Å². The molecule has 1 spiro atoms. The van der Waals surface area contributed by atoms with Gasteiger partial charge in [0.2, 0.25) is 0 Å². The highest BCUT2D eigenvalue weighted by Gasteiger charge is 2.51. The fourth-order valence-corrected chi connectivity index (χ4v) is 3.42. The van der Waals surface area contributed by atoms with Gasteiger partial charge >= 0.3 is 6.03 Å². The van der Waals surface area contributed by atoms with E-state index in [0.29, 0.717) is 17.8 Å². The number of para-hydroxylation sites is 1. The van der Waals surface area contributed by atoms with Crippen LogP contribution in [0.5, 0.6) is 0 Å². The van der Waals surface area contributed by atoms with E-state index in [-0.39, 0.29) is 11.4 Å². The van der Waals surface area contributed by atoms with E-state index in [1.54, 1.807) is 17.0 Å². The van der Waals surface area contributed by atoms with Crippen LogP contribution in [0.3, 0.4) is 0 Å². The molecular weight excluding hydrogens is 346 g/mol. The normalized spacial score (nSPS) is 17.0. The van der Waals surface area contributed by atoms with Crippen LogP contribution in [0.25, 0.3) is 0 Å². The second kappa shape index (κ2) is 6.98. The first-order valence-electron chi connectivity index (χ1n) is 8.75. The maximum Gasteiger partial charge on any atom is 0.324 e. The van der Waals surface area contributed by atoms with Crippen molar-refractivity contribution in [3.05, 3.63) is 59.9 Å². The molecule has 3 N–H and O–H groups in total. The van der Waals surface area contributed by atoms with Gasteiger partial charge in [-0.3, -0.25) is 20.1 Å². The molecule has 3 amide bonds. The van der Waals surface area contributed by atoms with Crippen molar-refractivity contribution in [3.63, 3.8) is 0 Å². The maximum atomic E-state index is 13.1. The van der Waals surface area contributed by atoms with E-state index in [1.165, 1.54) is 6.20 Å². The summed E-state index contributed by atoms with van der Waals surface area (Å²) in [6.45, 7) is 3.21. The number of amides is 3. The predicted molar refractivity (Wildman–Crippen MR) is 98.7 cm³/mol.